The van der Waals surface area contributed by atoms with Crippen LogP contribution in [0.15, 0.2) is 54.3 Å². The number of ether oxygens (including phenoxy) is 1. The van der Waals surface area contributed by atoms with Gasteiger partial charge >= 0.3 is 0 Å². The molecule has 138 valence electrons. The van der Waals surface area contributed by atoms with Crippen molar-refractivity contribution in [1.29, 1.82) is 5.41 Å². The van der Waals surface area contributed by atoms with E-state index in [9.17, 15) is 5.11 Å². The van der Waals surface area contributed by atoms with Gasteiger partial charge in [0.1, 0.15) is 28.8 Å². The molecule has 0 bridgehead atoms. The van der Waals surface area contributed by atoms with E-state index in [2.05, 4.69) is 9.97 Å². The van der Waals surface area contributed by atoms with E-state index in [1.54, 1.807) is 4.90 Å². The van der Waals surface area contributed by atoms with Gasteiger partial charge in [-0.1, -0.05) is 24.3 Å². The SMILES string of the molecule is CC(C)(C)Oc1ccccc1N1CC(O)=C(c2nc3ccccc3[nH]2)C1=N. The van der Waals surface area contributed by atoms with Crippen molar-refractivity contribution in [1.82, 2.24) is 9.97 Å². The molecule has 0 atom stereocenters. The molecule has 0 spiro atoms. The van der Waals surface area contributed by atoms with Gasteiger partial charge in [0.15, 0.2) is 0 Å². The maximum absolute atomic E-state index is 10.6. The second kappa shape index (κ2) is 6.16. The summed E-state index contributed by atoms with van der Waals surface area (Å²) in [6.07, 6.45) is 0. The highest BCUT2D eigenvalue weighted by Gasteiger charge is 2.33. The smallest absolute Gasteiger partial charge is 0.145 e. The van der Waals surface area contributed by atoms with E-state index < -0.39 is 0 Å². The summed E-state index contributed by atoms with van der Waals surface area (Å²) < 4.78 is 6.06. The van der Waals surface area contributed by atoms with Crippen molar-refractivity contribution in [3.63, 3.8) is 0 Å². The zero-order valence-corrected chi connectivity index (χ0v) is 15.6. The third kappa shape index (κ3) is 3.14. The maximum Gasteiger partial charge on any atom is 0.145 e. The van der Waals surface area contributed by atoms with Gasteiger partial charge in [0, 0.05) is 0 Å². The molecule has 1 aliphatic heterocycles. The van der Waals surface area contributed by atoms with E-state index in [1.807, 2.05) is 69.3 Å². The van der Waals surface area contributed by atoms with Crippen LogP contribution in [-0.4, -0.2) is 33.1 Å². The molecule has 2 aromatic carbocycles. The molecule has 0 fully saturated rings. The van der Waals surface area contributed by atoms with Gasteiger partial charge in [0.2, 0.25) is 0 Å². The van der Waals surface area contributed by atoms with Gasteiger partial charge in [-0.15, -0.1) is 0 Å². The van der Waals surface area contributed by atoms with E-state index in [4.69, 9.17) is 10.1 Å². The van der Waals surface area contributed by atoms with Crippen LogP contribution >= 0.6 is 0 Å². The second-order valence-corrected chi connectivity index (χ2v) is 7.54. The van der Waals surface area contributed by atoms with E-state index >= 15 is 0 Å². The summed E-state index contributed by atoms with van der Waals surface area (Å²) in [5.41, 5.74) is 2.47. The largest absolute Gasteiger partial charge is 0.509 e. The van der Waals surface area contributed by atoms with Gasteiger partial charge in [-0.25, -0.2) is 4.98 Å². The van der Waals surface area contributed by atoms with Crippen LogP contribution < -0.4 is 9.64 Å². The topological polar surface area (TPSA) is 85.2 Å². The fourth-order valence-corrected chi connectivity index (χ4v) is 3.20. The summed E-state index contributed by atoms with van der Waals surface area (Å²) in [6, 6.07) is 15.2. The lowest BCUT2D eigenvalue weighted by molar-refractivity contribution is 0.131. The Hall–Kier alpha value is -3.28. The number of aliphatic hydroxyl groups is 1. The number of rotatable bonds is 3. The zero-order chi connectivity index (χ0) is 19.2. The van der Waals surface area contributed by atoms with Crippen molar-refractivity contribution in [2.24, 2.45) is 0 Å². The highest BCUT2D eigenvalue weighted by Crippen LogP contribution is 2.37. The Morgan fingerprint density at radius 1 is 1.11 bits per heavy atom. The zero-order valence-electron chi connectivity index (χ0n) is 15.6. The summed E-state index contributed by atoms with van der Waals surface area (Å²) in [6.45, 7) is 6.15. The van der Waals surface area contributed by atoms with Gasteiger partial charge < -0.3 is 19.7 Å². The van der Waals surface area contributed by atoms with Crippen molar-refractivity contribution in [2.75, 3.05) is 11.4 Å². The average molecular weight is 362 g/mol. The summed E-state index contributed by atoms with van der Waals surface area (Å²) in [7, 11) is 0. The molecule has 1 aromatic heterocycles. The number of aromatic nitrogens is 2. The molecule has 0 saturated heterocycles. The number of hydrogen-bond acceptors (Lipinski definition) is 4. The van der Waals surface area contributed by atoms with Gasteiger partial charge in [0.05, 0.1) is 28.8 Å². The first-order valence-electron chi connectivity index (χ1n) is 8.85. The monoisotopic (exact) mass is 362 g/mol. The Bertz CT molecular complexity index is 1030. The molecule has 0 aliphatic carbocycles. The van der Waals surface area contributed by atoms with Crippen molar-refractivity contribution in [3.8, 4) is 5.75 Å². The summed E-state index contributed by atoms with van der Waals surface area (Å²) in [5.74, 6) is 1.48. The molecular formula is C21H22N4O2. The molecule has 6 heteroatoms. The second-order valence-electron chi connectivity index (χ2n) is 7.54. The van der Waals surface area contributed by atoms with Gasteiger partial charge in [0.25, 0.3) is 0 Å². The summed E-state index contributed by atoms with van der Waals surface area (Å²) >= 11 is 0. The third-order valence-electron chi connectivity index (χ3n) is 4.30. The van der Waals surface area contributed by atoms with E-state index in [0.29, 0.717) is 17.1 Å². The van der Waals surface area contributed by atoms with Crippen LogP contribution in [0.2, 0.25) is 0 Å². The van der Waals surface area contributed by atoms with E-state index in [0.717, 1.165) is 16.7 Å². The minimum Gasteiger partial charge on any atom is -0.509 e. The van der Waals surface area contributed by atoms with Crippen LogP contribution in [0, 0.1) is 5.41 Å². The quantitative estimate of drug-likeness (QED) is 0.640. The number of H-pyrrole nitrogens is 1. The Kier molecular flexibility index (Phi) is 3.91. The standard InChI is InChI=1S/C21H22N4O2/c1-21(2,3)27-17-11-7-6-10-15(17)25-12-16(26)18(19(25)22)20-23-13-8-4-5-9-14(13)24-20/h4-11,22,26H,12H2,1-3H3,(H,23,24). The summed E-state index contributed by atoms with van der Waals surface area (Å²) in [5, 5.41) is 19.3. The van der Waals surface area contributed by atoms with E-state index in [1.165, 1.54) is 0 Å². The lowest BCUT2D eigenvalue weighted by Gasteiger charge is -2.27. The van der Waals surface area contributed by atoms with Crippen molar-refractivity contribution >= 4 is 28.1 Å². The molecule has 3 aromatic rings. The van der Waals surface area contributed by atoms with Crippen LogP contribution in [0.3, 0.4) is 0 Å². The third-order valence-corrected chi connectivity index (χ3v) is 4.30. The number of benzene rings is 2. The Morgan fingerprint density at radius 2 is 1.81 bits per heavy atom. The highest BCUT2D eigenvalue weighted by molar-refractivity contribution is 6.30. The minimum absolute atomic E-state index is 0.115. The lowest BCUT2D eigenvalue weighted by atomic mass is 10.2. The number of aromatic amines is 1. The number of amidine groups is 1. The number of anilines is 1. The number of imidazole rings is 1. The fraction of sp³-hybridized carbons (Fsp3) is 0.238. The minimum atomic E-state index is -0.366. The molecule has 0 saturated carbocycles. The lowest BCUT2D eigenvalue weighted by Crippen LogP contribution is -2.29. The molecular weight excluding hydrogens is 340 g/mol. The first-order valence-corrected chi connectivity index (χ1v) is 8.85. The number of nitrogens with zero attached hydrogens (tertiary/aromatic N) is 2. The molecule has 27 heavy (non-hydrogen) atoms. The van der Waals surface area contributed by atoms with Gasteiger partial charge in [-0.05, 0) is 45.0 Å². The number of fused-ring (bicyclic) bond motifs is 1. The molecule has 4 rings (SSSR count). The molecule has 0 unspecified atom stereocenters. The van der Waals surface area contributed by atoms with E-state index in [-0.39, 0.29) is 23.7 Å². The van der Waals surface area contributed by atoms with Crippen molar-refractivity contribution in [2.45, 2.75) is 26.4 Å². The fourth-order valence-electron chi connectivity index (χ4n) is 3.20. The van der Waals surface area contributed by atoms with Crippen molar-refractivity contribution < 1.29 is 9.84 Å². The van der Waals surface area contributed by atoms with Crippen LogP contribution in [0.1, 0.15) is 26.6 Å². The van der Waals surface area contributed by atoms with Crippen molar-refractivity contribution in [3.05, 3.63) is 60.1 Å². The molecule has 0 amide bonds. The highest BCUT2D eigenvalue weighted by atomic mass is 16.5. The van der Waals surface area contributed by atoms with Gasteiger partial charge in [-0.2, -0.15) is 0 Å². The normalized spacial score (nSPS) is 15.1. The Morgan fingerprint density at radius 3 is 2.56 bits per heavy atom. The molecule has 2 heterocycles. The number of para-hydroxylation sites is 4. The Labute approximate surface area is 157 Å². The van der Waals surface area contributed by atoms with Crippen LogP contribution in [0.5, 0.6) is 5.75 Å². The first-order chi connectivity index (χ1) is 12.8. The average Bonchev–Trinajstić information content (AvgIpc) is 3.14. The molecule has 0 radical (unpaired) electrons. The maximum atomic E-state index is 10.6. The van der Waals surface area contributed by atoms with Crippen LogP contribution in [0.25, 0.3) is 16.6 Å². The number of nitrogens with one attached hydrogen (secondary N) is 2. The van der Waals surface area contributed by atoms with Crippen LogP contribution in [-0.2, 0) is 0 Å². The number of aliphatic hydroxyl groups excluding tert-OH is 1. The molecule has 6 nitrogen and oxygen atoms in total. The summed E-state index contributed by atoms with van der Waals surface area (Å²) in [4.78, 5) is 9.46. The Balaban J connectivity index is 1.71. The predicted molar refractivity (Wildman–Crippen MR) is 108 cm³/mol. The number of hydrogen-bond donors (Lipinski definition) is 3. The molecule has 3 N–H and O–H groups in total. The molecule has 1 aliphatic rings. The van der Waals surface area contributed by atoms with Gasteiger partial charge in [-0.3, -0.25) is 5.41 Å². The van der Waals surface area contributed by atoms with Crippen LogP contribution in [0.4, 0.5) is 5.69 Å². The first kappa shape index (κ1) is 17.1. The predicted octanol–water partition coefficient (Wildman–Crippen LogP) is 4.51.